The Balaban J connectivity index is 1.41. The van der Waals surface area contributed by atoms with Crippen LogP contribution in [0, 0.1) is 0 Å². The average Bonchev–Trinajstić information content (AvgIpc) is 2.95. The second-order valence-electron chi connectivity index (χ2n) is 6.74. The summed E-state index contributed by atoms with van der Waals surface area (Å²) in [5.41, 5.74) is 2.30. The van der Waals surface area contributed by atoms with Gasteiger partial charge >= 0.3 is 0 Å². The standard InChI is InChI=1S/C21H25NO4/c1-23-21-18-20(25-14-16-10-6-3-7-11-16)19(26-21)17(12-22-18)24-13-15-8-4-2-5-9-15/h2-11,17-22H,12-14H2,1H3/t17-,18-,19+,20+,21?/m0/s1. The highest BCUT2D eigenvalue weighted by Gasteiger charge is 2.52. The van der Waals surface area contributed by atoms with Gasteiger partial charge < -0.3 is 24.3 Å². The Morgan fingerprint density at radius 1 is 0.923 bits per heavy atom. The van der Waals surface area contributed by atoms with Crippen molar-refractivity contribution in [2.75, 3.05) is 13.7 Å². The number of methoxy groups -OCH3 is 1. The Labute approximate surface area is 154 Å². The molecule has 2 aromatic carbocycles. The molecular formula is C21H25NO4. The van der Waals surface area contributed by atoms with Crippen LogP contribution in [0.3, 0.4) is 0 Å². The first-order valence-electron chi connectivity index (χ1n) is 9.08. The van der Waals surface area contributed by atoms with Crippen LogP contribution in [0.15, 0.2) is 60.7 Å². The molecule has 5 heteroatoms. The van der Waals surface area contributed by atoms with Crippen molar-refractivity contribution in [2.24, 2.45) is 0 Å². The van der Waals surface area contributed by atoms with Crippen molar-refractivity contribution < 1.29 is 18.9 Å². The van der Waals surface area contributed by atoms with E-state index in [4.69, 9.17) is 18.9 Å². The Bertz CT molecular complexity index is 681. The molecule has 5 nitrogen and oxygen atoms in total. The maximum absolute atomic E-state index is 6.22. The van der Waals surface area contributed by atoms with E-state index in [-0.39, 0.29) is 30.6 Å². The first-order chi connectivity index (χ1) is 12.8. The molecule has 0 spiro atoms. The molecule has 0 aliphatic carbocycles. The molecule has 2 bridgehead atoms. The normalized spacial score (nSPS) is 30.4. The van der Waals surface area contributed by atoms with Gasteiger partial charge in [0.25, 0.3) is 0 Å². The lowest BCUT2D eigenvalue weighted by Gasteiger charge is -2.35. The molecule has 0 saturated carbocycles. The third kappa shape index (κ3) is 3.82. The number of nitrogens with one attached hydrogen (secondary N) is 1. The lowest BCUT2D eigenvalue weighted by Crippen LogP contribution is -2.57. The van der Waals surface area contributed by atoms with E-state index in [0.29, 0.717) is 13.2 Å². The number of piperidine rings is 1. The summed E-state index contributed by atoms with van der Waals surface area (Å²) in [5.74, 6) is 0. The smallest absolute Gasteiger partial charge is 0.175 e. The summed E-state index contributed by atoms with van der Waals surface area (Å²) in [6.45, 7) is 1.83. The summed E-state index contributed by atoms with van der Waals surface area (Å²) in [5, 5.41) is 3.48. The van der Waals surface area contributed by atoms with Gasteiger partial charge in [0.05, 0.1) is 25.4 Å². The highest BCUT2D eigenvalue weighted by atomic mass is 16.7. The molecule has 4 rings (SSSR count). The molecule has 0 aromatic heterocycles. The number of rotatable bonds is 7. The van der Waals surface area contributed by atoms with E-state index in [9.17, 15) is 0 Å². The highest BCUT2D eigenvalue weighted by Crippen LogP contribution is 2.32. The van der Waals surface area contributed by atoms with Gasteiger partial charge in [-0.25, -0.2) is 0 Å². The van der Waals surface area contributed by atoms with Gasteiger partial charge in [0, 0.05) is 13.7 Å². The summed E-state index contributed by atoms with van der Waals surface area (Å²) >= 11 is 0. The molecule has 26 heavy (non-hydrogen) atoms. The van der Waals surface area contributed by atoms with Gasteiger partial charge in [0.2, 0.25) is 0 Å². The van der Waals surface area contributed by atoms with Crippen molar-refractivity contribution in [3.05, 3.63) is 71.8 Å². The van der Waals surface area contributed by atoms with Gasteiger partial charge in [0.1, 0.15) is 12.2 Å². The van der Waals surface area contributed by atoms with Gasteiger partial charge in [-0.05, 0) is 11.1 Å². The summed E-state index contributed by atoms with van der Waals surface area (Å²) in [6.07, 6.45) is -0.633. The second kappa shape index (κ2) is 8.29. The molecule has 2 aliphatic heterocycles. The molecule has 0 amide bonds. The van der Waals surface area contributed by atoms with E-state index in [1.165, 1.54) is 0 Å². The summed E-state index contributed by atoms with van der Waals surface area (Å²) < 4.78 is 24.0. The van der Waals surface area contributed by atoms with Crippen LogP contribution in [0.5, 0.6) is 0 Å². The molecule has 1 N–H and O–H groups in total. The topological polar surface area (TPSA) is 49.0 Å². The third-order valence-corrected chi connectivity index (χ3v) is 5.01. The van der Waals surface area contributed by atoms with E-state index in [1.54, 1.807) is 7.11 Å². The summed E-state index contributed by atoms with van der Waals surface area (Å²) in [7, 11) is 1.67. The van der Waals surface area contributed by atoms with Gasteiger partial charge in [-0.3, -0.25) is 0 Å². The van der Waals surface area contributed by atoms with E-state index in [0.717, 1.165) is 17.7 Å². The van der Waals surface area contributed by atoms with Crippen LogP contribution in [0.1, 0.15) is 11.1 Å². The Kier molecular flexibility index (Phi) is 5.62. The van der Waals surface area contributed by atoms with E-state index < -0.39 is 0 Å². The molecule has 2 aromatic rings. The van der Waals surface area contributed by atoms with Crippen molar-refractivity contribution in [2.45, 2.75) is 43.9 Å². The van der Waals surface area contributed by atoms with Crippen LogP contribution >= 0.6 is 0 Å². The zero-order valence-corrected chi connectivity index (χ0v) is 14.9. The lowest BCUT2D eigenvalue weighted by molar-refractivity contribution is -0.155. The highest BCUT2D eigenvalue weighted by molar-refractivity contribution is 5.15. The van der Waals surface area contributed by atoms with E-state index in [1.807, 2.05) is 36.4 Å². The van der Waals surface area contributed by atoms with Crippen molar-refractivity contribution in [1.29, 1.82) is 0 Å². The van der Waals surface area contributed by atoms with Gasteiger partial charge in [-0.15, -0.1) is 0 Å². The molecule has 2 aliphatic rings. The van der Waals surface area contributed by atoms with Crippen LogP contribution in [-0.2, 0) is 32.2 Å². The molecule has 138 valence electrons. The lowest BCUT2D eigenvalue weighted by atomic mass is 9.98. The van der Waals surface area contributed by atoms with Crippen molar-refractivity contribution in [3.63, 3.8) is 0 Å². The fourth-order valence-corrected chi connectivity index (χ4v) is 3.65. The minimum absolute atomic E-state index is 0.0188. The zero-order chi connectivity index (χ0) is 17.8. The van der Waals surface area contributed by atoms with Crippen molar-refractivity contribution >= 4 is 0 Å². The molecule has 1 unspecified atom stereocenters. The first-order valence-corrected chi connectivity index (χ1v) is 9.08. The van der Waals surface area contributed by atoms with Crippen LogP contribution in [0.4, 0.5) is 0 Å². The van der Waals surface area contributed by atoms with Crippen LogP contribution in [0.2, 0.25) is 0 Å². The van der Waals surface area contributed by atoms with E-state index in [2.05, 4.69) is 29.6 Å². The largest absolute Gasteiger partial charge is 0.369 e. The average molecular weight is 355 g/mol. The van der Waals surface area contributed by atoms with E-state index >= 15 is 0 Å². The van der Waals surface area contributed by atoms with Crippen molar-refractivity contribution in [3.8, 4) is 0 Å². The Morgan fingerprint density at radius 2 is 1.54 bits per heavy atom. The van der Waals surface area contributed by atoms with Gasteiger partial charge in [-0.1, -0.05) is 60.7 Å². The minimum Gasteiger partial charge on any atom is -0.369 e. The molecule has 0 radical (unpaired) electrons. The number of hydrogen-bond acceptors (Lipinski definition) is 5. The summed E-state index contributed by atoms with van der Waals surface area (Å²) in [4.78, 5) is 0. The minimum atomic E-state index is -0.314. The fourth-order valence-electron chi connectivity index (χ4n) is 3.65. The first kappa shape index (κ1) is 17.6. The SMILES string of the molecule is COC1O[C@H]2[C@H](OCc3ccccc3)[C@@H]1NC[C@@H]2OCc1ccccc1. The quantitative estimate of drug-likeness (QED) is 0.827. The van der Waals surface area contributed by atoms with Gasteiger partial charge in [-0.2, -0.15) is 0 Å². The Hall–Kier alpha value is -1.76. The summed E-state index contributed by atoms with van der Waals surface area (Å²) in [6, 6.07) is 20.4. The number of hydrogen-bond donors (Lipinski definition) is 1. The molecule has 2 heterocycles. The predicted molar refractivity (Wildman–Crippen MR) is 97.5 cm³/mol. The molecule has 2 fully saturated rings. The predicted octanol–water partition coefficient (Wildman–Crippen LogP) is 2.50. The Morgan fingerprint density at radius 3 is 2.15 bits per heavy atom. The van der Waals surface area contributed by atoms with Crippen LogP contribution in [-0.4, -0.2) is 44.3 Å². The maximum atomic E-state index is 6.22. The van der Waals surface area contributed by atoms with Crippen LogP contribution in [0.25, 0.3) is 0 Å². The second-order valence-corrected chi connectivity index (χ2v) is 6.74. The fraction of sp³-hybridized carbons (Fsp3) is 0.429. The molecular weight excluding hydrogens is 330 g/mol. The maximum Gasteiger partial charge on any atom is 0.175 e. The molecule has 5 atom stereocenters. The number of benzene rings is 2. The van der Waals surface area contributed by atoms with Crippen molar-refractivity contribution in [1.82, 2.24) is 5.32 Å². The van der Waals surface area contributed by atoms with Crippen LogP contribution < -0.4 is 5.32 Å². The zero-order valence-electron chi connectivity index (χ0n) is 14.9. The van der Waals surface area contributed by atoms with Gasteiger partial charge in [0.15, 0.2) is 6.29 Å². The molecule has 2 saturated heterocycles. The number of fused-ring (bicyclic) bond motifs is 2. The third-order valence-electron chi connectivity index (χ3n) is 5.01. The monoisotopic (exact) mass is 355 g/mol. The number of ether oxygens (including phenoxy) is 4.